The maximum absolute atomic E-state index is 12.8. The maximum Gasteiger partial charge on any atom is 0.573 e. The van der Waals surface area contributed by atoms with Gasteiger partial charge in [-0.2, -0.15) is 5.26 Å². The number of ether oxygens (including phenoxy) is 1. The zero-order chi connectivity index (χ0) is 20.8. The molecule has 0 spiro atoms. The van der Waals surface area contributed by atoms with E-state index in [4.69, 9.17) is 0 Å². The highest BCUT2D eigenvalue weighted by molar-refractivity contribution is 7.90. The fourth-order valence-electron chi connectivity index (χ4n) is 4.04. The molecule has 0 unspecified atom stereocenters. The zero-order valence-electron chi connectivity index (χ0n) is 15.1. The molecule has 152 valence electrons. The first-order valence-electron chi connectivity index (χ1n) is 8.71. The number of halogens is 3. The second kappa shape index (κ2) is 6.65. The van der Waals surface area contributed by atoms with Gasteiger partial charge in [0.2, 0.25) is 0 Å². The summed E-state index contributed by atoms with van der Waals surface area (Å²) in [5.74, 6) is -1.37. The molecule has 1 aromatic carbocycles. The average molecular weight is 416 g/mol. The summed E-state index contributed by atoms with van der Waals surface area (Å²) in [5.41, 5.74) is -1.10. The van der Waals surface area contributed by atoms with Crippen LogP contribution in [0.15, 0.2) is 23.1 Å². The summed E-state index contributed by atoms with van der Waals surface area (Å²) in [6.45, 7) is 0. The van der Waals surface area contributed by atoms with Crippen molar-refractivity contribution in [3.63, 3.8) is 0 Å². The fraction of sp³-hybridized carbons (Fsp3) is 0.556. The van der Waals surface area contributed by atoms with Crippen LogP contribution in [0.5, 0.6) is 5.75 Å². The number of alkyl halides is 3. The summed E-state index contributed by atoms with van der Waals surface area (Å²) < 4.78 is 65.1. The van der Waals surface area contributed by atoms with Gasteiger partial charge in [0.15, 0.2) is 9.84 Å². The zero-order valence-corrected chi connectivity index (χ0v) is 15.9. The molecule has 3 aliphatic rings. The molecule has 0 heterocycles. The maximum atomic E-state index is 12.8. The summed E-state index contributed by atoms with van der Waals surface area (Å²) in [7, 11) is -3.98. The molecule has 3 fully saturated rings. The van der Waals surface area contributed by atoms with E-state index in [1.807, 2.05) is 0 Å². The molecule has 0 aliphatic heterocycles. The summed E-state index contributed by atoms with van der Waals surface area (Å²) in [6.07, 6.45) is -0.378. The Morgan fingerprint density at radius 2 is 1.75 bits per heavy atom. The van der Waals surface area contributed by atoms with Gasteiger partial charge in [0.25, 0.3) is 5.91 Å². The van der Waals surface area contributed by atoms with E-state index in [-0.39, 0.29) is 11.0 Å². The van der Waals surface area contributed by atoms with Gasteiger partial charge >= 0.3 is 6.36 Å². The Kier molecular flexibility index (Phi) is 4.86. The summed E-state index contributed by atoms with van der Waals surface area (Å²) in [5, 5.41) is 12.2. The lowest BCUT2D eigenvalue weighted by Crippen LogP contribution is -2.56. The molecule has 6 nitrogen and oxygen atoms in total. The van der Waals surface area contributed by atoms with Crippen LogP contribution in [-0.4, -0.2) is 32.5 Å². The molecule has 28 heavy (non-hydrogen) atoms. The molecular formula is C18H19F3N2O4S. The van der Waals surface area contributed by atoms with E-state index in [0.29, 0.717) is 44.6 Å². The fourth-order valence-corrected chi connectivity index (χ4v) is 4.93. The molecule has 4 rings (SSSR count). The summed E-state index contributed by atoms with van der Waals surface area (Å²) in [4.78, 5) is 12.3. The number of hydrogen-bond donors (Lipinski definition) is 1. The van der Waals surface area contributed by atoms with E-state index in [0.717, 1.165) is 18.4 Å². The van der Waals surface area contributed by atoms with E-state index in [9.17, 15) is 31.6 Å². The van der Waals surface area contributed by atoms with Crippen molar-refractivity contribution in [1.82, 2.24) is 5.32 Å². The number of nitrogens with zero attached hydrogens (tertiary/aromatic N) is 1. The molecule has 2 bridgehead atoms. The van der Waals surface area contributed by atoms with Crippen LogP contribution in [0.2, 0.25) is 0 Å². The van der Waals surface area contributed by atoms with Gasteiger partial charge in [-0.05, 0) is 56.7 Å². The minimum atomic E-state index is -4.98. The quantitative estimate of drug-likeness (QED) is 0.812. The molecular weight excluding hydrogens is 397 g/mol. The molecule has 0 radical (unpaired) electrons. The lowest BCUT2D eigenvalue weighted by atomic mass is 9.58. The van der Waals surface area contributed by atoms with Crippen molar-refractivity contribution < 1.29 is 31.1 Å². The molecule has 0 aromatic heterocycles. The number of carbonyl (C=O) groups is 1. The van der Waals surface area contributed by atoms with Crippen LogP contribution in [-0.2, 0) is 9.84 Å². The number of amides is 1. The van der Waals surface area contributed by atoms with Gasteiger partial charge in [0, 0.05) is 11.8 Å². The molecule has 3 saturated carbocycles. The highest BCUT2D eigenvalue weighted by Crippen LogP contribution is 2.52. The molecule has 1 amide bonds. The molecule has 0 saturated heterocycles. The Hall–Kier alpha value is -2.28. The number of carbonyl (C=O) groups excluding carboxylic acids is 1. The third kappa shape index (κ3) is 4.09. The van der Waals surface area contributed by atoms with Crippen LogP contribution in [0.4, 0.5) is 13.2 Å². The van der Waals surface area contributed by atoms with Gasteiger partial charge in [0.05, 0.1) is 21.9 Å². The van der Waals surface area contributed by atoms with Gasteiger partial charge in [-0.15, -0.1) is 13.2 Å². The van der Waals surface area contributed by atoms with E-state index in [1.54, 1.807) is 0 Å². The van der Waals surface area contributed by atoms with E-state index in [2.05, 4.69) is 16.1 Å². The van der Waals surface area contributed by atoms with Crippen LogP contribution < -0.4 is 10.1 Å². The molecule has 1 aromatic rings. The Labute approximate surface area is 160 Å². The highest BCUT2D eigenvalue weighted by Gasteiger charge is 2.49. The largest absolute Gasteiger partial charge is 0.573 e. The van der Waals surface area contributed by atoms with Crippen LogP contribution in [0.3, 0.4) is 0 Å². The Balaban J connectivity index is 1.87. The number of nitrogens with one attached hydrogen (secondary N) is 1. The third-order valence-corrected chi connectivity index (χ3v) is 6.83. The van der Waals surface area contributed by atoms with Gasteiger partial charge in [-0.3, -0.25) is 4.79 Å². The Morgan fingerprint density at radius 3 is 2.21 bits per heavy atom. The number of rotatable bonds is 4. The predicted octanol–water partition coefficient (Wildman–Crippen LogP) is 3.34. The van der Waals surface area contributed by atoms with Crippen LogP contribution in [0.25, 0.3) is 0 Å². The number of sulfone groups is 1. The predicted molar refractivity (Wildman–Crippen MR) is 92.2 cm³/mol. The van der Waals surface area contributed by atoms with E-state index < -0.39 is 38.3 Å². The minimum absolute atomic E-state index is 0.228. The Morgan fingerprint density at radius 1 is 1.18 bits per heavy atom. The number of fused-ring (bicyclic) bond motifs is 3. The summed E-state index contributed by atoms with van der Waals surface area (Å²) >= 11 is 0. The van der Waals surface area contributed by atoms with Crippen molar-refractivity contribution >= 4 is 15.7 Å². The smallest absolute Gasteiger partial charge is 0.406 e. The topological polar surface area (TPSA) is 96.3 Å². The van der Waals surface area contributed by atoms with Crippen LogP contribution in [0.1, 0.15) is 48.9 Å². The molecule has 1 N–H and O–H groups in total. The van der Waals surface area contributed by atoms with Gasteiger partial charge in [-0.1, -0.05) is 0 Å². The van der Waals surface area contributed by atoms with Crippen molar-refractivity contribution in [2.45, 2.75) is 55.3 Å². The molecule has 10 heteroatoms. The van der Waals surface area contributed by atoms with Gasteiger partial charge < -0.3 is 10.1 Å². The highest BCUT2D eigenvalue weighted by atomic mass is 32.2. The number of benzene rings is 1. The van der Waals surface area contributed by atoms with E-state index in [1.165, 1.54) is 0 Å². The third-order valence-electron chi connectivity index (χ3n) is 5.69. The number of nitriles is 1. The van der Waals surface area contributed by atoms with Crippen molar-refractivity contribution in [3.05, 3.63) is 23.8 Å². The monoisotopic (exact) mass is 416 g/mol. The van der Waals surface area contributed by atoms with Crippen molar-refractivity contribution in [3.8, 4) is 11.8 Å². The standard InChI is InChI=1S/C18H19F3N2O4S/c1-28(25,26)14-10-12(27-18(19,20)21)2-3-13(14)15(24)23-17-7-4-16(11-22,5-8-17)6-9-17/h2-3,10H,4-9H2,1H3,(H,23,24). The second-order valence-corrected chi connectivity index (χ2v) is 9.59. The van der Waals surface area contributed by atoms with E-state index >= 15 is 0 Å². The minimum Gasteiger partial charge on any atom is -0.406 e. The van der Waals surface area contributed by atoms with Crippen molar-refractivity contribution in [1.29, 1.82) is 5.26 Å². The second-order valence-electron chi connectivity index (χ2n) is 7.60. The lowest BCUT2D eigenvalue weighted by Gasteiger charge is -2.50. The number of hydrogen-bond acceptors (Lipinski definition) is 5. The summed E-state index contributed by atoms with van der Waals surface area (Å²) in [6, 6.07) is 5.01. The normalized spacial score (nSPS) is 27.1. The van der Waals surface area contributed by atoms with Gasteiger partial charge in [-0.25, -0.2) is 8.42 Å². The average Bonchev–Trinajstić information content (AvgIpc) is 2.61. The first-order chi connectivity index (χ1) is 12.9. The molecule has 3 aliphatic carbocycles. The first kappa shape index (κ1) is 20.5. The SMILES string of the molecule is CS(=O)(=O)c1cc(OC(F)(F)F)ccc1C(=O)NC12CCC(C#N)(CC1)CC2. The molecule has 0 atom stereocenters. The van der Waals surface area contributed by atoms with Gasteiger partial charge in [0.1, 0.15) is 5.75 Å². The van der Waals surface area contributed by atoms with Crippen molar-refractivity contribution in [2.24, 2.45) is 5.41 Å². The Bertz CT molecular complexity index is 926. The van der Waals surface area contributed by atoms with Crippen LogP contribution in [0, 0.1) is 16.7 Å². The van der Waals surface area contributed by atoms with Crippen molar-refractivity contribution in [2.75, 3.05) is 6.26 Å². The van der Waals surface area contributed by atoms with Crippen LogP contribution >= 0.6 is 0 Å². The first-order valence-corrected chi connectivity index (χ1v) is 10.6. The lowest BCUT2D eigenvalue weighted by molar-refractivity contribution is -0.274.